The highest BCUT2D eigenvalue weighted by molar-refractivity contribution is 5.89. The number of rotatable bonds is 4. The fourth-order valence-electron chi connectivity index (χ4n) is 1.28. The van der Waals surface area contributed by atoms with Crippen LogP contribution in [0.1, 0.15) is 36.3 Å². The van der Waals surface area contributed by atoms with E-state index in [4.69, 9.17) is 5.11 Å². The van der Waals surface area contributed by atoms with Crippen molar-refractivity contribution in [3.63, 3.8) is 0 Å². The van der Waals surface area contributed by atoms with Crippen LogP contribution in [0, 0.1) is 0 Å². The number of hydrogen-bond donors (Lipinski definition) is 2. The van der Waals surface area contributed by atoms with Crippen molar-refractivity contribution in [3.05, 3.63) is 23.4 Å². The van der Waals surface area contributed by atoms with Crippen LogP contribution in [0.3, 0.4) is 0 Å². The molecule has 18 heavy (non-hydrogen) atoms. The van der Waals surface area contributed by atoms with Gasteiger partial charge in [0.2, 0.25) is 0 Å². The monoisotopic (exact) mass is 262 g/mol. The van der Waals surface area contributed by atoms with Crippen LogP contribution in [0.4, 0.5) is 19.0 Å². The number of carboxylic acids is 1. The van der Waals surface area contributed by atoms with Gasteiger partial charge in [0.25, 0.3) is 0 Å². The summed E-state index contributed by atoms with van der Waals surface area (Å²) in [6.45, 7) is 3.66. The first-order chi connectivity index (χ1) is 8.25. The van der Waals surface area contributed by atoms with Gasteiger partial charge in [-0.25, -0.2) is 9.78 Å². The summed E-state index contributed by atoms with van der Waals surface area (Å²) in [5.41, 5.74) is -2.24. The number of aromatic nitrogens is 1. The summed E-state index contributed by atoms with van der Waals surface area (Å²) in [7, 11) is 0. The van der Waals surface area contributed by atoms with Crippen molar-refractivity contribution >= 4 is 11.8 Å². The summed E-state index contributed by atoms with van der Waals surface area (Å²) in [5.74, 6) is -1.63. The minimum absolute atomic E-state index is 0.0154. The van der Waals surface area contributed by atoms with Crippen LogP contribution in [0.5, 0.6) is 0 Å². The lowest BCUT2D eigenvalue weighted by atomic mass is 10.2. The van der Waals surface area contributed by atoms with Gasteiger partial charge in [-0.15, -0.1) is 0 Å². The molecule has 1 rings (SSSR count). The zero-order valence-electron chi connectivity index (χ0n) is 9.88. The van der Waals surface area contributed by atoms with Gasteiger partial charge < -0.3 is 10.4 Å². The number of pyridine rings is 1. The second-order valence-corrected chi connectivity index (χ2v) is 3.85. The minimum Gasteiger partial charge on any atom is -0.478 e. The van der Waals surface area contributed by atoms with Gasteiger partial charge in [0.05, 0.1) is 5.56 Å². The van der Waals surface area contributed by atoms with Gasteiger partial charge in [-0.05, 0) is 25.5 Å². The van der Waals surface area contributed by atoms with Crippen LogP contribution in [0.15, 0.2) is 12.1 Å². The molecule has 0 aliphatic rings. The van der Waals surface area contributed by atoms with Crippen molar-refractivity contribution in [2.24, 2.45) is 0 Å². The Hall–Kier alpha value is -1.79. The third-order valence-corrected chi connectivity index (χ3v) is 2.40. The summed E-state index contributed by atoms with van der Waals surface area (Å²) in [4.78, 5) is 14.0. The van der Waals surface area contributed by atoms with Crippen molar-refractivity contribution in [2.75, 3.05) is 5.32 Å². The summed E-state index contributed by atoms with van der Waals surface area (Å²) >= 11 is 0. The molecule has 1 aromatic heterocycles. The second-order valence-electron chi connectivity index (χ2n) is 3.85. The maximum absolute atomic E-state index is 12.7. The normalized spacial score (nSPS) is 13.2. The lowest BCUT2D eigenvalue weighted by Gasteiger charge is -2.15. The number of carboxylic acid groups (broad SMARTS) is 1. The minimum atomic E-state index is -4.79. The third-order valence-electron chi connectivity index (χ3n) is 2.40. The lowest BCUT2D eigenvalue weighted by Crippen LogP contribution is -2.19. The average molecular weight is 262 g/mol. The maximum Gasteiger partial charge on any atom is 0.434 e. The van der Waals surface area contributed by atoms with Gasteiger partial charge in [-0.1, -0.05) is 6.92 Å². The van der Waals surface area contributed by atoms with E-state index in [1.165, 1.54) is 6.07 Å². The van der Waals surface area contributed by atoms with Crippen LogP contribution in [0.2, 0.25) is 0 Å². The number of halogens is 3. The molecule has 0 aliphatic heterocycles. The SMILES string of the molecule is CCC(C)Nc1ccc(C(=O)O)c(C(F)(F)F)n1. The van der Waals surface area contributed by atoms with Gasteiger partial charge in [-0.2, -0.15) is 13.2 Å². The molecule has 4 nitrogen and oxygen atoms in total. The average Bonchev–Trinajstić information content (AvgIpc) is 2.27. The van der Waals surface area contributed by atoms with E-state index in [1.807, 2.05) is 6.92 Å². The highest BCUT2D eigenvalue weighted by Gasteiger charge is 2.37. The van der Waals surface area contributed by atoms with Crippen LogP contribution < -0.4 is 5.32 Å². The first-order valence-corrected chi connectivity index (χ1v) is 5.33. The molecule has 0 aliphatic carbocycles. The molecule has 0 fully saturated rings. The Morgan fingerprint density at radius 2 is 2.11 bits per heavy atom. The maximum atomic E-state index is 12.7. The van der Waals surface area contributed by atoms with Gasteiger partial charge in [0.1, 0.15) is 5.82 Å². The summed E-state index contributed by atoms with van der Waals surface area (Å²) in [5, 5.41) is 11.5. The Bertz CT molecular complexity index is 446. The number of anilines is 1. The molecule has 0 aromatic carbocycles. The standard InChI is InChI=1S/C11H13F3N2O2/c1-3-6(2)15-8-5-4-7(10(17)18)9(16-8)11(12,13)14/h4-6H,3H2,1-2H3,(H,15,16)(H,17,18). The number of aromatic carboxylic acids is 1. The molecule has 100 valence electrons. The largest absolute Gasteiger partial charge is 0.478 e. The van der Waals surface area contributed by atoms with E-state index in [1.54, 1.807) is 6.92 Å². The molecular weight excluding hydrogens is 249 g/mol. The lowest BCUT2D eigenvalue weighted by molar-refractivity contribution is -0.141. The Morgan fingerprint density at radius 3 is 2.56 bits per heavy atom. The smallest absolute Gasteiger partial charge is 0.434 e. The Morgan fingerprint density at radius 1 is 1.50 bits per heavy atom. The van der Waals surface area contributed by atoms with Crippen LogP contribution in [-0.4, -0.2) is 22.1 Å². The molecule has 1 unspecified atom stereocenters. The van der Waals surface area contributed by atoms with E-state index in [0.717, 1.165) is 6.07 Å². The molecule has 0 radical (unpaired) electrons. The van der Waals surface area contributed by atoms with Gasteiger partial charge in [0.15, 0.2) is 5.69 Å². The van der Waals surface area contributed by atoms with Gasteiger partial charge >= 0.3 is 12.1 Å². The van der Waals surface area contributed by atoms with E-state index in [-0.39, 0.29) is 11.9 Å². The second kappa shape index (κ2) is 5.24. The van der Waals surface area contributed by atoms with Crippen molar-refractivity contribution in [1.82, 2.24) is 4.98 Å². The first-order valence-electron chi connectivity index (χ1n) is 5.33. The predicted octanol–water partition coefficient (Wildman–Crippen LogP) is 3.01. The number of hydrogen-bond acceptors (Lipinski definition) is 3. The van der Waals surface area contributed by atoms with E-state index >= 15 is 0 Å². The number of nitrogens with zero attached hydrogens (tertiary/aromatic N) is 1. The highest BCUT2D eigenvalue weighted by atomic mass is 19.4. The molecule has 0 amide bonds. The number of nitrogens with one attached hydrogen (secondary N) is 1. The van der Waals surface area contributed by atoms with Crippen molar-refractivity contribution in [1.29, 1.82) is 0 Å². The predicted molar refractivity (Wildman–Crippen MR) is 59.6 cm³/mol. The molecule has 0 saturated heterocycles. The molecule has 1 heterocycles. The highest BCUT2D eigenvalue weighted by Crippen LogP contribution is 2.31. The van der Waals surface area contributed by atoms with Crippen molar-refractivity contribution in [3.8, 4) is 0 Å². The Balaban J connectivity index is 3.18. The third kappa shape index (κ3) is 3.35. The quantitative estimate of drug-likeness (QED) is 0.875. The number of carbonyl (C=O) groups is 1. The van der Waals surface area contributed by atoms with E-state index in [9.17, 15) is 18.0 Å². The van der Waals surface area contributed by atoms with E-state index < -0.39 is 23.4 Å². The zero-order chi connectivity index (χ0) is 13.9. The van der Waals surface area contributed by atoms with Gasteiger partial charge in [-0.3, -0.25) is 0 Å². The summed E-state index contributed by atoms with van der Waals surface area (Å²) in [6.07, 6.45) is -4.08. The fourth-order valence-corrected chi connectivity index (χ4v) is 1.28. The first kappa shape index (κ1) is 14.3. The van der Waals surface area contributed by atoms with Crippen LogP contribution >= 0.6 is 0 Å². The Labute approximate surface area is 102 Å². The van der Waals surface area contributed by atoms with Crippen molar-refractivity contribution in [2.45, 2.75) is 32.5 Å². The van der Waals surface area contributed by atoms with Crippen LogP contribution in [-0.2, 0) is 6.18 Å². The topological polar surface area (TPSA) is 62.2 Å². The molecule has 7 heteroatoms. The molecule has 0 bridgehead atoms. The summed E-state index contributed by atoms with van der Waals surface area (Å²) in [6, 6.07) is 2.09. The number of alkyl halides is 3. The van der Waals surface area contributed by atoms with Gasteiger partial charge in [0, 0.05) is 6.04 Å². The Kier molecular flexibility index (Phi) is 4.15. The molecule has 1 aromatic rings. The molecule has 0 saturated carbocycles. The molecule has 2 N–H and O–H groups in total. The van der Waals surface area contributed by atoms with E-state index in [0.29, 0.717) is 6.42 Å². The summed E-state index contributed by atoms with van der Waals surface area (Å²) < 4.78 is 38.0. The fraction of sp³-hybridized carbons (Fsp3) is 0.455. The van der Waals surface area contributed by atoms with E-state index in [2.05, 4.69) is 10.3 Å². The molecule has 0 spiro atoms. The van der Waals surface area contributed by atoms with Crippen molar-refractivity contribution < 1.29 is 23.1 Å². The molecule has 1 atom stereocenters. The zero-order valence-corrected chi connectivity index (χ0v) is 9.88. The molecular formula is C11H13F3N2O2. The van der Waals surface area contributed by atoms with Crippen LogP contribution in [0.25, 0.3) is 0 Å².